The first kappa shape index (κ1) is 22.1. The van der Waals surface area contributed by atoms with Gasteiger partial charge in [0, 0.05) is 0 Å². The Morgan fingerprint density at radius 1 is 0.917 bits per heavy atom. The second-order valence-electron chi connectivity index (χ2n) is 9.54. The van der Waals surface area contributed by atoms with E-state index in [2.05, 4.69) is 95.1 Å². The summed E-state index contributed by atoms with van der Waals surface area (Å²) in [7, 11) is 8.16. The first-order valence-corrected chi connectivity index (χ1v) is 14.7. The standard InChI is InChI=1S/C15H28NSi.2C2H6N.Mo/c1-14(2,3)11-9-10-12(13(11)17(7)8)16-15(4,5)6;2*1-3-2;/h16-17H,10H2,1-8H3;2*1-2H3;/q;2*-1;+2. The predicted octanol–water partition coefficient (Wildman–Crippen LogP) is 3.93. The molecule has 5 heteroatoms. The number of allylic oxidation sites excluding steroid dienone is 3. The minimum absolute atomic E-state index is 0.124. The van der Waals surface area contributed by atoms with Gasteiger partial charge in [-0.05, 0) is 0 Å². The van der Waals surface area contributed by atoms with Crippen LogP contribution >= 0.6 is 0 Å². The van der Waals surface area contributed by atoms with E-state index in [0.717, 1.165) is 6.42 Å². The van der Waals surface area contributed by atoms with E-state index < -0.39 is 26.6 Å². The third-order valence-corrected chi connectivity index (χ3v) is 11.1. The van der Waals surface area contributed by atoms with Crippen molar-refractivity contribution in [3.63, 3.8) is 0 Å². The molecule has 0 aromatic heterocycles. The maximum atomic E-state index is 3.88. The van der Waals surface area contributed by atoms with E-state index in [9.17, 15) is 0 Å². The van der Waals surface area contributed by atoms with Crippen molar-refractivity contribution in [1.82, 2.24) is 12.2 Å². The Morgan fingerprint density at radius 3 is 1.67 bits per heavy atom. The fourth-order valence-corrected chi connectivity index (χ4v) is 11.8. The van der Waals surface area contributed by atoms with E-state index in [0.29, 0.717) is 0 Å². The number of hydrogen-bond donors (Lipinski definition) is 1. The van der Waals surface area contributed by atoms with E-state index in [1.807, 2.05) is 0 Å². The molecule has 3 nitrogen and oxygen atoms in total. The van der Waals surface area contributed by atoms with Gasteiger partial charge in [-0.25, -0.2) is 0 Å². The van der Waals surface area contributed by atoms with Gasteiger partial charge >= 0.3 is 159 Å². The molecule has 0 radical (unpaired) electrons. The topological polar surface area (TPSA) is 18.5 Å². The molecular weight excluding hydrogens is 394 g/mol. The summed E-state index contributed by atoms with van der Waals surface area (Å²) in [6, 6.07) is 0. The molecule has 1 N–H and O–H groups in total. The Kier molecular flexibility index (Phi) is 7.18. The summed E-state index contributed by atoms with van der Waals surface area (Å²) in [5.41, 5.74) is 3.56. The maximum absolute atomic E-state index is 3.88. The molecule has 141 valence electrons. The van der Waals surface area contributed by atoms with Crippen molar-refractivity contribution in [2.75, 3.05) is 28.2 Å². The number of hydrogen-bond acceptors (Lipinski definition) is 3. The van der Waals surface area contributed by atoms with Crippen LogP contribution in [0.25, 0.3) is 0 Å². The summed E-state index contributed by atoms with van der Waals surface area (Å²) >= 11 is -1.66. The zero-order chi connectivity index (χ0) is 19.0. The molecule has 1 aliphatic rings. The van der Waals surface area contributed by atoms with Gasteiger partial charge in [0.2, 0.25) is 0 Å². The van der Waals surface area contributed by atoms with Crippen LogP contribution in [0.4, 0.5) is 0 Å². The molecular formula is C19H40MoN3Si. The average Bonchev–Trinajstić information content (AvgIpc) is 2.63. The Hall–Kier alpha value is 0.105. The molecule has 0 saturated heterocycles. The van der Waals surface area contributed by atoms with Gasteiger partial charge in [-0.15, -0.1) is 0 Å². The summed E-state index contributed by atoms with van der Waals surface area (Å²) < 4.78 is 6.79. The van der Waals surface area contributed by atoms with Crippen molar-refractivity contribution in [3.05, 3.63) is 20.4 Å². The van der Waals surface area contributed by atoms with Crippen LogP contribution < -0.4 is 5.32 Å². The van der Waals surface area contributed by atoms with Gasteiger partial charge in [-0.2, -0.15) is 0 Å². The molecule has 0 unspecified atom stereocenters. The summed E-state index contributed by atoms with van der Waals surface area (Å²) in [5, 5.41) is 5.59. The molecule has 0 aromatic carbocycles. The van der Waals surface area contributed by atoms with Crippen LogP contribution in [-0.4, -0.2) is 49.4 Å². The van der Waals surface area contributed by atoms with Crippen LogP contribution in [0, 0.1) is 5.41 Å². The van der Waals surface area contributed by atoms with Gasteiger partial charge < -0.3 is 0 Å². The van der Waals surface area contributed by atoms with E-state index in [-0.39, 0.29) is 11.0 Å². The van der Waals surface area contributed by atoms with Crippen molar-refractivity contribution >= 4 is 8.80 Å². The molecule has 0 atom stereocenters. The van der Waals surface area contributed by atoms with Crippen molar-refractivity contribution in [2.45, 2.75) is 66.6 Å². The second kappa shape index (κ2) is 7.78. The summed E-state index contributed by atoms with van der Waals surface area (Å²) in [6.07, 6.45) is 1.14. The summed E-state index contributed by atoms with van der Waals surface area (Å²) in [4.78, 5) is 0. The fraction of sp³-hybridized carbons (Fsp3) is 0.789. The quantitative estimate of drug-likeness (QED) is 0.662. The van der Waals surface area contributed by atoms with E-state index in [1.165, 1.54) is 5.70 Å². The average molecular weight is 435 g/mol. The SMILES string of the molecule is C[N](C)[Mo]([C]1=C(C(C)(C)C)C([SiH](C)C)=C(NC(C)(C)C)C1)[N](C)C. The third-order valence-electron chi connectivity index (χ3n) is 3.98. The molecule has 1 aliphatic carbocycles. The van der Waals surface area contributed by atoms with Gasteiger partial charge in [-0.1, -0.05) is 0 Å². The Morgan fingerprint density at radius 2 is 1.38 bits per heavy atom. The second-order valence-corrected chi connectivity index (χ2v) is 18.5. The molecule has 0 fully saturated rings. The van der Waals surface area contributed by atoms with Crippen molar-refractivity contribution in [1.29, 1.82) is 0 Å². The van der Waals surface area contributed by atoms with Crippen LogP contribution in [0.3, 0.4) is 0 Å². The van der Waals surface area contributed by atoms with Gasteiger partial charge in [-0.3, -0.25) is 0 Å². The van der Waals surface area contributed by atoms with Crippen LogP contribution in [-0.2, 0) is 17.8 Å². The number of nitrogens with zero attached hydrogens (tertiary/aromatic N) is 2. The van der Waals surface area contributed by atoms with Gasteiger partial charge in [0.15, 0.2) is 0 Å². The minimum atomic E-state index is -1.66. The molecule has 0 spiro atoms. The monoisotopic (exact) mass is 436 g/mol. The Labute approximate surface area is 159 Å². The molecule has 0 heterocycles. The van der Waals surface area contributed by atoms with E-state index >= 15 is 0 Å². The van der Waals surface area contributed by atoms with Crippen LogP contribution in [0.2, 0.25) is 13.1 Å². The third kappa shape index (κ3) is 5.30. The number of rotatable bonds is 5. The molecule has 0 amide bonds. The van der Waals surface area contributed by atoms with Crippen molar-refractivity contribution < 1.29 is 17.8 Å². The molecule has 24 heavy (non-hydrogen) atoms. The summed E-state index contributed by atoms with van der Waals surface area (Å²) in [6.45, 7) is 19.0. The van der Waals surface area contributed by atoms with Gasteiger partial charge in [0.1, 0.15) is 0 Å². The van der Waals surface area contributed by atoms with Gasteiger partial charge in [0.05, 0.1) is 0 Å². The van der Waals surface area contributed by atoms with E-state index in [1.54, 1.807) is 14.7 Å². The molecule has 0 saturated carbocycles. The summed E-state index contributed by atoms with van der Waals surface area (Å²) in [5.74, 6) is 0. The Bertz CT molecular complexity index is 512. The Balaban J connectivity index is 3.55. The van der Waals surface area contributed by atoms with Crippen molar-refractivity contribution in [2.24, 2.45) is 5.41 Å². The van der Waals surface area contributed by atoms with E-state index in [4.69, 9.17) is 0 Å². The normalized spacial score (nSPS) is 17.3. The first-order chi connectivity index (χ1) is 10.7. The molecule has 0 bridgehead atoms. The van der Waals surface area contributed by atoms with Crippen LogP contribution in [0.5, 0.6) is 0 Å². The number of nitrogens with one attached hydrogen (secondary N) is 1. The molecule has 0 aromatic rings. The van der Waals surface area contributed by atoms with Crippen molar-refractivity contribution in [3.8, 4) is 0 Å². The molecule has 1 rings (SSSR count). The first-order valence-electron chi connectivity index (χ1n) is 9.01. The predicted molar refractivity (Wildman–Crippen MR) is 107 cm³/mol. The van der Waals surface area contributed by atoms with Crippen LogP contribution in [0.1, 0.15) is 48.0 Å². The fourth-order valence-electron chi connectivity index (χ4n) is 3.59. The zero-order valence-electron chi connectivity index (χ0n) is 18.1. The zero-order valence-corrected chi connectivity index (χ0v) is 21.2. The molecule has 0 aliphatic heterocycles. The van der Waals surface area contributed by atoms with Gasteiger partial charge in [0.25, 0.3) is 0 Å². The van der Waals surface area contributed by atoms with Crippen LogP contribution in [0.15, 0.2) is 20.4 Å².